The Labute approximate surface area is 147 Å². The molecule has 3 aromatic rings. The van der Waals surface area contributed by atoms with Crippen LogP contribution in [0, 0.1) is 18.6 Å². The van der Waals surface area contributed by atoms with E-state index in [9.17, 15) is 23.5 Å². The van der Waals surface area contributed by atoms with Crippen LogP contribution in [0.5, 0.6) is 5.75 Å². The molecule has 0 saturated heterocycles. The molecule has 0 fully saturated rings. The molecule has 3 N–H and O–H groups in total. The van der Waals surface area contributed by atoms with Crippen LogP contribution in [0.15, 0.2) is 36.4 Å². The highest BCUT2D eigenvalue weighted by molar-refractivity contribution is 6.05. The second-order valence-electron chi connectivity index (χ2n) is 6.09. The number of rotatable bonds is 3. The number of nitrogens with two attached hydrogens (primary N) is 1. The molecule has 5 nitrogen and oxygen atoms in total. The summed E-state index contributed by atoms with van der Waals surface area (Å²) in [7, 11) is 0. The largest absolute Gasteiger partial charge is 0.505 e. The quantitative estimate of drug-likeness (QED) is 0.754. The van der Waals surface area contributed by atoms with E-state index in [0.29, 0.717) is 16.6 Å². The van der Waals surface area contributed by atoms with Crippen LogP contribution in [0.1, 0.15) is 34.5 Å². The second-order valence-corrected chi connectivity index (χ2v) is 6.09. The van der Waals surface area contributed by atoms with Crippen molar-refractivity contribution < 1.29 is 23.5 Å². The average molecular weight is 358 g/mol. The normalized spacial score (nSPS) is 12.3. The molecule has 0 unspecified atom stereocenters. The highest BCUT2D eigenvalue weighted by Crippen LogP contribution is 2.35. The van der Waals surface area contributed by atoms with Crippen molar-refractivity contribution in [2.45, 2.75) is 19.8 Å². The molecule has 7 heteroatoms. The van der Waals surface area contributed by atoms with Gasteiger partial charge in [-0.1, -0.05) is 6.07 Å². The summed E-state index contributed by atoms with van der Waals surface area (Å²) in [6, 6.07) is 7.26. The summed E-state index contributed by atoms with van der Waals surface area (Å²) >= 11 is 0. The summed E-state index contributed by atoms with van der Waals surface area (Å²) in [5, 5.41) is 10.1. The number of benzene rings is 2. The van der Waals surface area contributed by atoms with Crippen molar-refractivity contribution in [1.82, 2.24) is 4.57 Å². The minimum absolute atomic E-state index is 0.0664. The van der Waals surface area contributed by atoms with Gasteiger partial charge in [-0.25, -0.2) is 8.78 Å². The van der Waals surface area contributed by atoms with Crippen molar-refractivity contribution in [3.05, 3.63) is 64.9 Å². The first kappa shape index (κ1) is 17.6. The van der Waals surface area contributed by atoms with Crippen molar-refractivity contribution in [1.29, 1.82) is 0 Å². The molecule has 3 rings (SSSR count). The lowest BCUT2D eigenvalue weighted by molar-refractivity contribution is -0.119. The summed E-state index contributed by atoms with van der Waals surface area (Å²) in [5.74, 6) is -4.09. The van der Waals surface area contributed by atoms with Gasteiger partial charge in [-0.15, -0.1) is 0 Å². The van der Waals surface area contributed by atoms with Crippen LogP contribution in [0.4, 0.5) is 8.78 Å². The molecule has 2 aromatic carbocycles. The van der Waals surface area contributed by atoms with Gasteiger partial charge < -0.3 is 10.8 Å². The molecule has 0 radical (unpaired) electrons. The van der Waals surface area contributed by atoms with Crippen LogP contribution in [-0.2, 0) is 4.79 Å². The van der Waals surface area contributed by atoms with E-state index in [4.69, 9.17) is 5.73 Å². The zero-order valence-electron chi connectivity index (χ0n) is 14.1. The lowest BCUT2D eigenvalue weighted by atomic mass is 9.97. The third-order valence-corrected chi connectivity index (χ3v) is 4.46. The van der Waals surface area contributed by atoms with Crippen LogP contribution < -0.4 is 5.73 Å². The first-order valence-electron chi connectivity index (χ1n) is 7.85. The third-order valence-electron chi connectivity index (χ3n) is 4.46. The lowest BCUT2D eigenvalue weighted by Gasteiger charge is -2.10. The highest BCUT2D eigenvalue weighted by Gasteiger charge is 2.26. The second kappa shape index (κ2) is 6.25. The van der Waals surface area contributed by atoms with Crippen molar-refractivity contribution in [2.24, 2.45) is 5.73 Å². The Bertz CT molecular complexity index is 1060. The van der Waals surface area contributed by atoms with Crippen LogP contribution in [0.25, 0.3) is 10.9 Å². The van der Waals surface area contributed by atoms with E-state index < -0.39 is 35.1 Å². The van der Waals surface area contributed by atoms with Crippen LogP contribution in [0.3, 0.4) is 0 Å². The monoisotopic (exact) mass is 358 g/mol. The summed E-state index contributed by atoms with van der Waals surface area (Å²) in [5.41, 5.74) is 6.40. The molecule has 0 aliphatic carbocycles. The maximum atomic E-state index is 13.9. The number of primary amides is 1. The van der Waals surface area contributed by atoms with Crippen molar-refractivity contribution in [3.63, 3.8) is 0 Å². The van der Waals surface area contributed by atoms with Gasteiger partial charge in [0.25, 0.3) is 5.91 Å². The summed E-state index contributed by atoms with van der Waals surface area (Å²) in [4.78, 5) is 24.6. The smallest absolute Gasteiger partial charge is 0.262 e. The standard InChI is InChI=1S/C19H16F2N2O3/c1-9(18(22)25)17-10(2)23(15-8-14(21)16(24)7-13(15)17)19(26)11-4-3-5-12(20)6-11/h3-9,24H,1-2H3,(H2,22,25)/t9-/m1/s1. The maximum Gasteiger partial charge on any atom is 0.262 e. The zero-order chi connectivity index (χ0) is 19.2. The van der Waals surface area contributed by atoms with Gasteiger partial charge in [0.1, 0.15) is 5.82 Å². The van der Waals surface area contributed by atoms with Crippen LogP contribution in [-0.4, -0.2) is 21.5 Å². The minimum Gasteiger partial charge on any atom is -0.505 e. The van der Waals surface area contributed by atoms with Gasteiger partial charge in [-0.05, 0) is 43.7 Å². The van der Waals surface area contributed by atoms with Crippen molar-refractivity contribution in [2.75, 3.05) is 0 Å². The Balaban J connectivity index is 2.35. The van der Waals surface area contributed by atoms with E-state index in [2.05, 4.69) is 0 Å². The Morgan fingerprint density at radius 1 is 1.19 bits per heavy atom. The summed E-state index contributed by atoms with van der Waals surface area (Å²) < 4.78 is 28.6. The number of carbonyl (C=O) groups is 2. The Kier molecular flexibility index (Phi) is 4.23. The van der Waals surface area contributed by atoms with E-state index in [1.54, 1.807) is 13.8 Å². The number of phenolic OH excluding ortho intramolecular Hbond substituents is 1. The van der Waals surface area contributed by atoms with Gasteiger partial charge in [0, 0.05) is 22.7 Å². The number of amides is 1. The third kappa shape index (κ3) is 2.71. The fourth-order valence-electron chi connectivity index (χ4n) is 3.15. The minimum atomic E-state index is -0.915. The number of fused-ring (bicyclic) bond motifs is 1. The van der Waals surface area contributed by atoms with E-state index in [1.165, 1.54) is 22.8 Å². The van der Waals surface area contributed by atoms with Crippen LogP contribution >= 0.6 is 0 Å². The number of nitrogens with zero attached hydrogens (tertiary/aromatic N) is 1. The van der Waals surface area contributed by atoms with E-state index in [0.717, 1.165) is 18.2 Å². The average Bonchev–Trinajstić information content (AvgIpc) is 2.85. The molecular weight excluding hydrogens is 342 g/mol. The molecule has 0 bridgehead atoms. The molecule has 1 amide bonds. The summed E-state index contributed by atoms with van der Waals surface area (Å²) in [6.07, 6.45) is 0. The predicted octanol–water partition coefficient (Wildman–Crippen LogP) is 3.21. The van der Waals surface area contributed by atoms with Crippen molar-refractivity contribution >= 4 is 22.7 Å². The first-order chi connectivity index (χ1) is 12.2. The number of aromatic hydroxyl groups is 1. The number of hydrogen-bond acceptors (Lipinski definition) is 3. The van der Waals surface area contributed by atoms with Gasteiger partial charge in [-0.2, -0.15) is 0 Å². The van der Waals surface area contributed by atoms with Gasteiger partial charge in [0.15, 0.2) is 11.6 Å². The molecule has 1 atom stereocenters. The van der Waals surface area contributed by atoms with Crippen LogP contribution in [0.2, 0.25) is 0 Å². The molecule has 0 spiro atoms. The topological polar surface area (TPSA) is 85.3 Å². The molecule has 26 heavy (non-hydrogen) atoms. The SMILES string of the molecule is Cc1c([C@@H](C)C(N)=O)c2cc(O)c(F)cc2n1C(=O)c1cccc(F)c1. The number of phenols is 1. The van der Waals surface area contributed by atoms with E-state index >= 15 is 0 Å². The predicted molar refractivity (Wildman–Crippen MR) is 92.0 cm³/mol. The number of carbonyl (C=O) groups excluding carboxylic acids is 2. The fourth-order valence-corrected chi connectivity index (χ4v) is 3.15. The Morgan fingerprint density at radius 3 is 2.50 bits per heavy atom. The van der Waals surface area contributed by atoms with E-state index in [1.807, 2.05) is 0 Å². The fraction of sp³-hybridized carbons (Fsp3) is 0.158. The van der Waals surface area contributed by atoms with Gasteiger partial charge in [-0.3, -0.25) is 14.2 Å². The summed E-state index contributed by atoms with van der Waals surface area (Å²) in [6.45, 7) is 3.14. The zero-order valence-corrected chi connectivity index (χ0v) is 14.1. The maximum absolute atomic E-state index is 13.9. The Morgan fingerprint density at radius 2 is 1.88 bits per heavy atom. The van der Waals surface area contributed by atoms with Gasteiger partial charge >= 0.3 is 0 Å². The molecule has 0 saturated carbocycles. The molecule has 134 valence electrons. The van der Waals surface area contributed by atoms with E-state index in [-0.39, 0.29) is 11.1 Å². The number of aromatic nitrogens is 1. The number of hydrogen-bond donors (Lipinski definition) is 2. The molecule has 1 heterocycles. The molecule has 0 aliphatic rings. The lowest BCUT2D eigenvalue weighted by Crippen LogP contribution is -2.20. The van der Waals surface area contributed by atoms with Gasteiger partial charge in [0.05, 0.1) is 11.4 Å². The Hall–Kier alpha value is -3.22. The number of halogens is 2. The van der Waals surface area contributed by atoms with Gasteiger partial charge in [0.2, 0.25) is 5.91 Å². The first-order valence-corrected chi connectivity index (χ1v) is 7.85. The molecule has 0 aliphatic heterocycles. The molecular formula is C19H16F2N2O3. The molecule has 1 aromatic heterocycles. The highest BCUT2D eigenvalue weighted by atomic mass is 19.1. The van der Waals surface area contributed by atoms with Crippen molar-refractivity contribution in [3.8, 4) is 5.75 Å².